The minimum absolute atomic E-state index is 0.204. The number of carbonyl (C=O) groups is 1. The van der Waals surface area contributed by atoms with Gasteiger partial charge in [0.2, 0.25) is 5.91 Å². The number of nitrogens with one attached hydrogen (secondary N) is 1. The average Bonchev–Trinajstić information content (AvgIpc) is 2.69. The maximum atomic E-state index is 12.6. The van der Waals surface area contributed by atoms with E-state index in [1.807, 2.05) is 0 Å². The van der Waals surface area contributed by atoms with Crippen LogP contribution in [0, 0.1) is 23.7 Å². The molecule has 1 amide bonds. The highest BCUT2D eigenvalue weighted by atomic mass is 16.2. The first-order valence-corrected chi connectivity index (χ1v) is 7.02. The highest BCUT2D eigenvalue weighted by molar-refractivity contribution is 5.80. The van der Waals surface area contributed by atoms with Gasteiger partial charge in [-0.3, -0.25) is 4.79 Å². The van der Waals surface area contributed by atoms with Crippen molar-refractivity contribution in [3.8, 4) is 0 Å². The Morgan fingerprint density at radius 1 is 1.12 bits per heavy atom. The van der Waals surface area contributed by atoms with Crippen LogP contribution in [0.3, 0.4) is 0 Å². The van der Waals surface area contributed by atoms with Crippen molar-refractivity contribution in [3.63, 3.8) is 0 Å². The van der Waals surface area contributed by atoms with E-state index in [2.05, 4.69) is 37.9 Å². The summed E-state index contributed by atoms with van der Waals surface area (Å²) >= 11 is 0. The van der Waals surface area contributed by atoms with Crippen molar-refractivity contribution >= 4 is 5.91 Å². The lowest BCUT2D eigenvalue weighted by atomic mass is 9.84. The number of piperidine rings is 1. The van der Waals surface area contributed by atoms with E-state index in [-0.39, 0.29) is 5.92 Å². The van der Waals surface area contributed by atoms with Gasteiger partial charge in [-0.05, 0) is 37.6 Å². The van der Waals surface area contributed by atoms with Crippen molar-refractivity contribution in [2.45, 2.75) is 40.2 Å². The zero-order valence-electron chi connectivity index (χ0n) is 11.6. The van der Waals surface area contributed by atoms with E-state index in [1.54, 1.807) is 0 Å². The van der Waals surface area contributed by atoms with Crippen LogP contribution in [0.4, 0.5) is 0 Å². The molecule has 5 atom stereocenters. The highest BCUT2D eigenvalue weighted by Gasteiger charge is 2.38. The van der Waals surface area contributed by atoms with Gasteiger partial charge < -0.3 is 10.2 Å². The molecule has 0 aromatic rings. The third-order valence-electron chi connectivity index (χ3n) is 4.72. The monoisotopic (exact) mass is 238 g/mol. The Morgan fingerprint density at radius 2 is 1.82 bits per heavy atom. The molecule has 3 nitrogen and oxygen atoms in total. The number of hydrogen-bond acceptors (Lipinski definition) is 2. The van der Waals surface area contributed by atoms with Crippen LogP contribution in [-0.2, 0) is 4.79 Å². The molecule has 17 heavy (non-hydrogen) atoms. The lowest BCUT2D eigenvalue weighted by Crippen LogP contribution is -2.51. The van der Waals surface area contributed by atoms with Gasteiger partial charge in [-0.25, -0.2) is 0 Å². The van der Waals surface area contributed by atoms with Crippen molar-refractivity contribution in [3.05, 3.63) is 0 Å². The van der Waals surface area contributed by atoms with E-state index in [0.29, 0.717) is 29.7 Å². The molecule has 3 unspecified atom stereocenters. The molecular formula is C14H26N2O. The summed E-state index contributed by atoms with van der Waals surface area (Å²) in [6.07, 6.45) is 1.25. The summed E-state index contributed by atoms with van der Waals surface area (Å²) < 4.78 is 0. The minimum atomic E-state index is 0.204. The molecule has 0 spiro atoms. The molecule has 0 bridgehead atoms. The van der Waals surface area contributed by atoms with Gasteiger partial charge in [0.1, 0.15) is 0 Å². The molecule has 2 aliphatic rings. The number of nitrogens with zero attached hydrogens (tertiary/aromatic N) is 1. The van der Waals surface area contributed by atoms with Gasteiger partial charge in [0, 0.05) is 19.1 Å². The molecule has 0 radical (unpaired) electrons. The topological polar surface area (TPSA) is 32.3 Å². The molecule has 2 aliphatic heterocycles. The standard InChI is InChI=1S/C14H26N2O/c1-9-5-10(2)12(4)16(8-9)14(17)13-7-15-6-11(13)3/h9-13,15H,5-8H2,1-4H3/t9?,10?,11-,12?,13-/m1/s1. The molecule has 0 aliphatic carbocycles. The summed E-state index contributed by atoms with van der Waals surface area (Å²) in [6, 6.07) is 0.409. The maximum absolute atomic E-state index is 12.6. The van der Waals surface area contributed by atoms with Crippen molar-refractivity contribution < 1.29 is 4.79 Å². The van der Waals surface area contributed by atoms with Gasteiger partial charge in [0.15, 0.2) is 0 Å². The second kappa shape index (κ2) is 4.97. The molecule has 3 heteroatoms. The van der Waals surface area contributed by atoms with Crippen LogP contribution >= 0.6 is 0 Å². The fourth-order valence-corrected chi connectivity index (χ4v) is 3.36. The van der Waals surface area contributed by atoms with Gasteiger partial charge in [-0.1, -0.05) is 20.8 Å². The van der Waals surface area contributed by atoms with Crippen molar-refractivity contribution in [1.82, 2.24) is 10.2 Å². The summed E-state index contributed by atoms with van der Waals surface area (Å²) in [5.74, 6) is 2.35. The molecule has 2 rings (SSSR count). The van der Waals surface area contributed by atoms with Crippen LogP contribution in [-0.4, -0.2) is 36.5 Å². The highest BCUT2D eigenvalue weighted by Crippen LogP contribution is 2.30. The minimum Gasteiger partial charge on any atom is -0.339 e. The van der Waals surface area contributed by atoms with E-state index in [9.17, 15) is 4.79 Å². The largest absolute Gasteiger partial charge is 0.339 e. The van der Waals surface area contributed by atoms with Gasteiger partial charge in [-0.2, -0.15) is 0 Å². The first-order valence-electron chi connectivity index (χ1n) is 7.02. The van der Waals surface area contributed by atoms with Crippen LogP contribution in [0.5, 0.6) is 0 Å². The number of amides is 1. The Kier molecular flexibility index (Phi) is 3.76. The molecular weight excluding hydrogens is 212 g/mol. The summed E-state index contributed by atoms with van der Waals surface area (Å²) in [5.41, 5.74) is 0. The molecule has 2 heterocycles. The average molecular weight is 238 g/mol. The predicted molar refractivity (Wildman–Crippen MR) is 69.6 cm³/mol. The van der Waals surface area contributed by atoms with E-state index in [1.165, 1.54) is 6.42 Å². The molecule has 1 N–H and O–H groups in total. The maximum Gasteiger partial charge on any atom is 0.227 e. The SMILES string of the molecule is CC1CC(C)C(C)N(C(=O)[C@@H]2CNC[C@H]2C)C1. The van der Waals surface area contributed by atoms with Gasteiger partial charge in [0.25, 0.3) is 0 Å². The van der Waals surface area contributed by atoms with E-state index >= 15 is 0 Å². The summed E-state index contributed by atoms with van der Waals surface area (Å²) in [5, 5.41) is 3.33. The van der Waals surface area contributed by atoms with Gasteiger partial charge in [-0.15, -0.1) is 0 Å². The lowest BCUT2D eigenvalue weighted by Gasteiger charge is -2.42. The number of hydrogen-bond donors (Lipinski definition) is 1. The Morgan fingerprint density at radius 3 is 2.41 bits per heavy atom. The zero-order valence-corrected chi connectivity index (χ0v) is 11.6. The van der Waals surface area contributed by atoms with Crippen LogP contribution < -0.4 is 5.32 Å². The first kappa shape index (κ1) is 12.9. The smallest absolute Gasteiger partial charge is 0.227 e. The van der Waals surface area contributed by atoms with Gasteiger partial charge in [0.05, 0.1) is 5.92 Å². The lowest BCUT2D eigenvalue weighted by molar-refractivity contribution is -0.142. The van der Waals surface area contributed by atoms with Gasteiger partial charge >= 0.3 is 0 Å². The molecule has 2 fully saturated rings. The Balaban J connectivity index is 2.07. The first-order chi connectivity index (χ1) is 8.00. The third kappa shape index (κ3) is 2.49. The van der Waals surface area contributed by atoms with E-state index < -0.39 is 0 Å². The summed E-state index contributed by atoms with van der Waals surface area (Å²) in [7, 11) is 0. The number of rotatable bonds is 1. The van der Waals surface area contributed by atoms with Crippen molar-refractivity contribution in [2.24, 2.45) is 23.7 Å². The number of likely N-dealkylation sites (tertiary alicyclic amines) is 1. The Bertz CT molecular complexity index is 292. The second-order valence-corrected chi connectivity index (χ2v) is 6.29. The quantitative estimate of drug-likeness (QED) is 0.754. The van der Waals surface area contributed by atoms with E-state index in [0.717, 1.165) is 19.6 Å². The fourth-order valence-electron chi connectivity index (χ4n) is 3.36. The van der Waals surface area contributed by atoms with Crippen LogP contribution in [0.25, 0.3) is 0 Å². The summed E-state index contributed by atoms with van der Waals surface area (Å²) in [4.78, 5) is 14.7. The molecule has 98 valence electrons. The van der Waals surface area contributed by atoms with Crippen LogP contribution in [0.2, 0.25) is 0 Å². The fraction of sp³-hybridized carbons (Fsp3) is 0.929. The molecule has 2 saturated heterocycles. The normalized spacial score (nSPS) is 42.8. The van der Waals surface area contributed by atoms with Crippen molar-refractivity contribution in [1.29, 1.82) is 0 Å². The third-order valence-corrected chi connectivity index (χ3v) is 4.72. The van der Waals surface area contributed by atoms with E-state index in [4.69, 9.17) is 0 Å². The second-order valence-electron chi connectivity index (χ2n) is 6.29. The predicted octanol–water partition coefficient (Wildman–Crippen LogP) is 1.73. The van der Waals surface area contributed by atoms with Crippen LogP contribution in [0.1, 0.15) is 34.1 Å². The number of carbonyl (C=O) groups excluding carboxylic acids is 1. The zero-order chi connectivity index (χ0) is 12.6. The Hall–Kier alpha value is -0.570. The van der Waals surface area contributed by atoms with Crippen molar-refractivity contribution in [2.75, 3.05) is 19.6 Å². The molecule has 0 aromatic carbocycles. The Labute approximate surface area is 105 Å². The molecule has 0 saturated carbocycles. The summed E-state index contributed by atoms with van der Waals surface area (Å²) in [6.45, 7) is 11.7. The molecule has 0 aromatic heterocycles. The van der Waals surface area contributed by atoms with Crippen LogP contribution in [0.15, 0.2) is 0 Å².